The van der Waals surface area contributed by atoms with Crippen molar-refractivity contribution in [3.63, 3.8) is 0 Å². The molecule has 0 radical (unpaired) electrons. The highest BCUT2D eigenvalue weighted by atomic mass is 15.0. The zero-order valence-corrected chi connectivity index (χ0v) is 10.9. The summed E-state index contributed by atoms with van der Waals surface area (Å²) in [7, 11) is 0. The van der Waals surface area contributed by atoms with Crippen LogP contribution in [0, 0.1) is 5.92 Å². The van der Waals surface area contributed by atoms with E-state index in [0.717, 1.165) is 30.3 Å². The Bertz CT molecular complexity index is 351. The Balaban J connectivity index is 1.95. The molecule has 0 aromatic carbocycles. The molecule has 3 heteroatoms. The van der Waals surface area contributed by atoms with Crippen LogP contribution in [0.4, 0.5) is 11.4 Å². The van der Waals surface area contributed by atoms with Gasteiger partial charge in [0.2, 0.25) is 0 Å². The van der Waals surface area contributed by atoms with Crippen molar-refractivity contribution < 1.29 is 0 Å². The Morgan fingerprint density at radius 1 is 1.29 bits per heavy atom. The molecule has 1 fully saturated rings. The standard InChI is InChI=1S/C14H23N3/c1-3-7-16-12-8-13(10-15-9-12)17-14-6-4-5-11(14)2/h8-11,14,16-17H,3-7H2,1-2H3. The van der Waals surface area contributed by atoms with Crippen molar-refractivity contribution >= 4 is 11.4 Å². The predicted molar refractivity (Wildman–Crippen MR) is 73.4 cm³/mol. The fourth-order valence-corrected chi connectivity index (χ4v) is 2.46. The fourth-order valence-electron chi connectivity index (χ4n) is 2.46. The average Bonchev–Trinajstić information content (AvgIpc) is 2.73. The van der Waals surface area contributed by atoms with Crippen molar-refractivity contribution in [3.05, 3.63) is 18.5 Å². The smallest absolute Gasteiger partial charge is 0.0549 e. The van der Waals surface area contributed by atoms with Crippen molar-refractivity contribution in [1.82, 2.24) is 4.98 Å². The minimum absolute atomic E-state index is 0.623. The molecule has 0 amide bonds. The molecular weight excluding hydrogens is 210 g/mol. The van der Waals surface area contributed by atoms with Gasteiger partial charge < -0.3 is 10.6 Å². The molecule has 2 N–H and O–H groups in total. The Morgan fingerprint density at radius 3 is 2.82 bits per heavy atom. The summed E-state index contributed by atoms with van der Waals surface area (Å²) >= 11 is 0. The molecule has 94 valence electrons. The van der Waals surface area contributed by atoms with Crippen LogP contribution in [0.25, 0.3) is 0 Å². The lowest BCUT2D eigenvalue weighted by Crippen LogP contribution is -2.21. The van der Waals surface area contributed by atoms with Crippen molar-refractivity contribution in [2.75, 3.05) is 17.2 Å². The first-order valence-corrected chi connectivity index (χ1v) is 6.75. The van der Waals surface area contributed by atoms with Crippen LogP contribution >= 0.6 is 0 Å². The van der Waals surface area contributed by atoms with Crippen LogP contribution in [0.3, 0.4) is 0 Å². The van der Waals surface area contributed by atoms with Crippen molar-refractivity contribution in [2.24, 2.45) is 5.92 Å². The van der Waals surface area contributed by atoms with Crippen LogP contribution in [-0.2, 0) is 0 Å². The summed E-state index contributed by atoms with van der Waals surface area (Å²) in [5.74, 6) is 0.780. The number of nitrogens with one attached hydrogen (secondary N) is 2. The lowest BCUT2D eigenvalue weighted by Gasteiger charge is -2.19. The predicted octanol–water partition coefficient (Wildman–Crippen LogP) is 3.50. The number of aromatic nitrogens is 1. The molecule has 1 aromatic heterocycles. The van der Waals surface area contributed by atoms with Crippen molar-refractivity contribution in [2.45, 2.75) is 45.6 Å². The van der Waals surface area contributed by atoms with Crippen LogP contribution < -0.4 is 10.6 Å². The van der Waals surface area contributed by atoms with E-state index in [1.165, 1.54) is 19.3 Å². The molecule has 1 heterocycles. The highest BCUT2D eigenvalue weighted by molar-refractivity contribution is 5.54. The molecule has 0 aliphatic heterocycles. The molecule has 17 heavy (non-hydrogen) atoms. The van der Waals surface area contributed by atoms with E-state index in [4.69, 9.17) is 0 Å². The molecule has 1 saturated carbocycles. The summed E-state index contributed by atoms with van der Waals surface area (Å²) in [6.07, 6.45) is 8.92. The zero-order chi connectivity index (χ0) is 12.1. The van der Waals surface area contributed by atoms with E-state index in [2.05, 4.69) is 35.5 Å². The van der Waals surface area contributed by atoms with Gasteiger partial charge in [0.15, 0.2) is 0 Å². The van der Waals surface area contributed by atoms with E-state index in [9.17, 15) is 0 Å². The van der Waals surface area contributed by atoms with Gasteiger partial charge in [0, 0.05) is 12.6 Å². The molecule has 1 aliphatic carbocycles. The minimum Gasteiger partial charge on any atom is -0.384 e. The second-order valence-corrected chi connectivity index (χ2v) is 5.05. The number of pyridine rings is 1. The van der Waals surface area contributed by atoms with Crippen molar-refractivity contribution in [3.8, 4) is 0 Å². The molecule has 1 aromatic rings. The van der Waals surface area contributed by atoms with Gasteiger partial charge in [0.05, 0.1) is 23.8 Å². The number of hydrogen-bond acceptors (Lipinski definition) is 3. The third-order valence-electron chi connectivity index (χ3n) is 3.53. The molecule has 1 aliphatic rings. The van der Waals surface area contributed by atoms with Gasteiger partial charge in [0.1, 0.15) is 0 Å². The maximum Gasteiger partial charge on any atom is 0.0549 e. The Morgan fingerprint density at radius 2 is 2.12 bits per heavy atom. The highest BCUT2D eigenvalue weighted by Crippen LogP contribution is 2.28. The molecule has 0 saturated heterocycles. The zero-order valence-electron chi connectivity index (χ0n) is 10.9. The maximum atomic E-state index is 4.28. The van der Waals surface area contributed by atoms with Crippen LogP contribution in [0.5, 0.6) is 0 Å². The first-order chi connectivity index (χ1) is 8.29. The molecule has 2 atom stereocenters. The van der Waals surface area contributed by atoms with Crippen LogP contribution in [-0.4, -0.2) is 17.6 Å². The Labute approximate surface area is 104 Å². The molecule has 3 nitrogen and oxygen atoms in total. The SMILES string of the molecule is CCCNc1cncc(NC2CCCC2C)c1. The molecule has 0 bridgehead atoms. The highest BCUT2D eigenvalue weighted by Gasteiger charge is 2.22. The normalized spacial score (nSPS) is 23.6. The van der Waals surface area contributed by atoms with Gasteiger partial charge in [-0.1, -0.05) is 20.3 Å². The van der Waals surface area contributed by atoms with Gasteiger partial charge >= 0.3 is 0 Å². The van der Waals surface area contributed by atoms with Crippen LogP contribution in [0.1, 0.15) is 39.5 Å². The van der Waals surface area contributed by atoms with E-state index < -0.39 is 0 Å². The fraction of sp³-hybridized carbons (Fsp3) is 0.643. The van der Waals surface area contributed by atoms with E-state index >= 15 is 0 Å². The third kappa shape index (κ3) is 3.35. The summed E-state index contributed by atoms with van der Waals surface area (Å²) in [6.45, 7) is 5.50. The summed E-state index contributed by atoms with van der Waals surface area (Å²) in [6, 6.07) is 2.78. The van der Waals surface area contributed by atoms with E-state index in [0.29, 0.717) is 6.04 Å². The average molecular weight is 233 g/mol. The Kier molecular flexibility index (Phi) is 4.24. The summed E-state index contributed by atoms with van der Waals surface area (Å²) in [4.78, 5) is 4.28. The summed E-state index contributed by atoms with van der Waals surface area (Å²) in [5, 5.41) is 6.97. The van der Waals surface area contributed by atoms with Gasteiger partial charge in [-0.3, -0.25) is 4.98 Å². The molecule has 0 spiro atoms. The van der Waals surface area contributed by atoms with Crippen LogP contribution in [0.15, 0.2) is 18.5 Å². The quantitative estimate of drug-likeness (QED) is 0.817. The summed E-state index contributed by atoms with van der Waals surface area (Å²) < 4.78 is 0. The number of hydrogen-bond donors (Lipinski definition) is 2. The van der Waals surface area contributed by atoms with Gasteiger partial charge in [-0.25, -0.2) is 0 Å². The number of nitrogens with zero attached hydrogens (tertiary/aromatic N) is 1. The lowest BCUT2D eigenvalue weighted by molar-refractivity contribution is 0.556. The number of rotatable bonds is 5. The molecular formula is C14H23N3. The molecule has 2 rings (SSSR count). The van der Waals surface area contributed by atoms with E-state index in [1.54, 1.807) is 0 Å². The van der Waals surface area contributed by atoms with E-state index in [1.807, 2.05) is 12.4 Å². The largest absolute Gasteiger partial charge is 0.384 e. The van der Waals surface area contributed by atoms with Gasteiger partial charge in [-0.05, 0) is 31.2 Å². The van der Waals surface area contributed by atoms with Crippen molar-refractivity contribution in [1.29, 1.82) is 0 Å². The van der Waals surface area contributed by atoms with Gasteiger partial charge in [-0.15, -0.1) is 0 Å². The monoisotopic (exact) mass is 233 g/mol. The third-order valence-corrected chi connectivity index (χ3v) is 3.53. The van der Waals surface area contributed by atoms with Crippen LogP contribution in [0.2, 0.25) is 0 Å². The first-order valence-electron chi connectivity index (χ1n) is 6.75. The Hall–Kier alpha value is -1.25. The minimum atomic E-state index is 0.623. The second kappa shape index (κ2) is 5.89. The maximum absolute atomic E-state index is 4.28. The second-order valence-electron chi connectivity index (χ2n) is 5.05. The first kappa shape index (κ1) is 12.2. The number of anilines is 2. The lowest BCUT2D eigenvalue weighted by atomic mass is 10.1. The summed E-state index contributed by atoms with van der Waals surface area (Å²) in [5.41, 5.74) is 2.26. The molecule has 2 unspecified atom stereocenters. The van der Waals surface area contributed by atoms with Gasteiger partial charge in [0.25, 0.3) is 0 Å². The van der Waals surface area contributed by atoms with E-state index in [-0.39, 0.29) is 0 Å². The topological polar surface area (TPSA) is 37.0 Å². The van der Waals surface area contributed by atoms with Gasteiger partial charge in [-0.2, -0.15) is 0 Å².